The Labute approximate surface area is 230 Å². The molecule has 2 aliphatic heterocycles. The van der Waals surface area contributed by atoms with Gasteiger partial charge in [-0.3, -0.25) is 9.59 Å². The van der Waals surface area contributed by atoms with Gasteiger partial charge in [-0.1, -0.05) is 31.0 Å². The van der Waals surface area contributed by atoms with Crippen molar-refractivity contribution < 1.29 is 9.59 Å². The number of nitrogens with zero attached hydrogens (tertiary/aromatic N) is 7. The fraction of sp³-hybridized carbons (Fsp3) is 0.467. The minimum Gasteiger partial charge on any atom is -0.355 e. The molecule has 6 rings (SSSR count). The number of para-hydroxylation sites is 1. The zero-order valence-corrected chi connectivity index (χ0v) is 23.1. The van der Waals surface area contributed by atoms with Crippen LogP contribution < -0.4 is 9.80 Å². The highest BCUT2D eigenvalue weighted by Gasteiger charge is 2.38. The highest BCUT2D eigenvalue weighted by molar-refractivity contribution is 6.05. The normalized spacial score (nSPS) is 20.8. The van der Waals surface area contributed by atoms with Crippen LogP contribution in [0.4, 0.5) is 11.4 Å². The first-order valence-corrected chi connectivity index (χ1v) is 14.1. The first kappa shape index (κ1) is 25.6. The van der Waals surface area contributed by atoms with Gasteiger partial charge >= 0.3 is 0 Å². The molecule has 1 aromatic heterocycles. The third-order valence-corrected chi connectivity index (χ3v) is 8.50. The van der Waals surface area contributed by atoms with Crippen LogP contribution in [0.5, 0.6) is 0 Å². The van der Waals surface area contributed by atoms with Gasteiger partial charge in [-0.05, 0) is 70.1 Å². The Hall–Kier alpha value is -3.72. The number of carbonyl (C=O) groups is 2. The lowest BCUT2D eigenvalue weighted by Crippen LogP contribution is -2.54. The Morgan fingerprint density at radius 3 is 2.44 bits per heavy atom. The zero-order chi connectivity index (χ0) is 27.1. The molecule has 2 aromatic carbocycles. The summed E-state index contributed by atoms with van der Waals surface area (Å²) in [6, 6.07) is 16.1. The van der Waals surface area contributed by atoms with Crippen LogP contribution in [0.15, 0.2) is 48.5 Å². The number of likely N-dealkylation sites (N-methyl/N-ethyl adjacent to an activating group) is 2. The number of benzene rings is 2. The predicted molar refractivity (Wildman–Crippen MR) is 152 cm³/mol. The van der Waals surface area contributed by atoms with Crippen LogP contribution in [0.1, 0.15) is 49.6 Å². The van der Waals surface area contributed by atoms with Crippen LogP contribution in [0.2, 0.25) is 0 Å². The van der Waals surface area contributed by atoms with Gasteiger partial charge in [-0.25, -0.2) is 9.67 Å². The Morgan fingerprint density at radius 1 is 0.897 bits per heavy atom. The fourth-order valence-electron chi connectivity index (χ4n) is 6.30. The summed E-state index contributed by atoms with van der Waals surface area (Å²) in [7, 11) is 3.94. The van der Waals surface area contributed by atoms with Crippen LogP contribution in [0, 0.1) is 0 Å². The summed E-state index contributed by atoms with van der Waals surface area (Å²) in [5.41, 5.74) is 3.67. The Kier molecular flexibility index (Phi) is 6.85. The monoisotopic (exact) mass is 527 g/mol. The van der Waals surface area contributed by atoms with Gasteiger partial charge in [0.25, 0.3) is 5.91 Å². The number of hydrogen-bond donors (Lipinski definition) is 0. The Morgan fingerprint density at radius 2 is 1.67 bits per heavy atom. The topological polar surface area (TPSA) is 77.8 Å². The molecule has 9 heteroatoms. The van der Waals surface area contributed by atoms with Gasteiger partial charge in [0.05, 0.1) is 17.1 Å². The molecular weight excluding hydrogens is 490 g/mol. The highest BCUT2D eigenvalue weighted by atomic mass is 16.2. The molecule has 3 aliphatic rings. The van der Waals surface area contributed by atoms with Crippen molar-refractivity contribution in [3.8, 4) is 17.1 Å². The number of amides is 2. The van der Waals surface area contributed by atoms with Gasteiger partial charge < -0.3 is 19.6 Å². The molecule has 0 radical (unpaired) electrons. The first-order valence-electron chi connectivity index (χ1n) is 14.1. The summed E-state index contributed by atoms with van der Waals surface area (Å²) in [6.45, 7) is 5.19. The predicted octanol–water partition coefficient (Wildman–Crippen LogP) is 3.83. The number of anilines is 2. The number of aromatic nitrogens is 3. The minimum absolute atomic E-state index is 0.116. The van der Waals surface area contributed by atoms with Gasteiger partial charge in [-0.2, -0.15) is 0 Å². The molecule has 1 atom stereocenters. The molecule has 1 saturated heterocycles. The molecule has 204 valence electrons. The summed E-state index contributed by atoms with van der Waals surface area (Å²) < 4.78 is 1.78. The quantitative estimate of drug-likeness (QED) is 0.513. The lowest BCUT2D eigenvalue weighted by atomic mass is 10.0. The summed E-state index contributed by atoms with van der Waals surface area (Å²) in [4.78, 5) is 39.8. The molecule has 0 spiro atoms. The van der Waals surface area contributed by atoms with E-state index in [4.69, 9.17) is 10.1 Å². The van der Waals surface area contributed by atoms with E-state index in [1.807, 2.05) is 61.3 Å². The second-order valence-corrected chi connectivity index (χ2v) is 11.1. The molecule has 0 N–H and O–H groups in total. The van der Waals surface area contributed by atoms with Crippen LogP contribution in [-0.4, -0.2) is 88.7 Å². The van der Waals surface area contributed by atoms with E-state index in [-0.39, 0.29) is 23.7 Å². The standard InChI is InChI=1S/C30H37N7O2/c1-21-29(38)34(3)25-15-14-22(20-26(25)36(21)23-10-7-8-11-23)28-31-27(32-37(28)24-12-5-4-6-13-24)30(39)35-17-9-16-33(2)18-19-35/h4-6,12-15,20-21,23H,7-11,16-19H2,1-3H3/t21-/m1/s1. The van der Waals surface area contributed by atoms with Crippen LogP contribution in [0.25, 0.3) is 17.1 Å². The van der Waals surface area contributed by atoms with Gasteiger partial charge in [0, 0.05) is 38.3 Å². The first-order chi connectivity index (χ1) is 18.9. The van der Waals surface area contributed by atoms with Crippen molar-refractivity contribution in [1.82, 2.24) is 24.6 Å². The van der Waals surface area contributed by atoms with E-state index in [0.717, 1.165) is 55.0 Å². The molecule has 3 aromatic rings. The molecule has 1 saturated carbocycles. The van der Waals surface area contributed by atoms with Gasteiger partial charge in [0.2, 0.25) is 11.7 Å². The van der Waals surface area contributed by atoms with Crippen molar-refractivity contribution in [3.05, 3.63) is 54.4 Å². The molecule has 0 unspecified atom stereocenters. The van der Waals surface area contributed by atoms with E-state index in [9.17, 15) is 9.59 Å². The zero-order valence-electron chi connectivity index (χ0n) is 23.1. The van der Waals surface area contributed by atoms with E-state index in [2.05, 4.69) is 22.9 Å². The SMILES string of the molecule is C[C@@H]1C(=O)N(C)c2ccc(-c3nc(C(=O)N4CCCN(C)CC4)nn3-c3ccccc3)cc2N1C1CCCC1. The lowest BCUT2D eigenvalue weighted by molar-refractivity contribution is -0.119. The van der Waals surface area contributed by atoms with Crippen molar-refractivity contribution in [3.63, 3.8) is 0 Å². The smallest absolute Gasteiger partial charge is 0.293 e. The minimum atomic E-state index is -0.230. The molecule has 39 heavy (non-hydrogen) atoms. The Bertz CT molecular complexity index is 1360. The van der Waals surface area contributed by atoms with Crippen molar-refractivity contribution in [2.45, 2.75) is 51.1 Å². The molecule has 2 amide bonds. The molecular formula is C30H37N7O2. The fourth-order valence-corrected chi connectivity index (χ4v) is 6.30. The molecule has 9 nitrogen and oxygen atoms in total. The summed E-state index contributed by atoms with van der Waals surface area (Å²) in [5.74, 6) is 0.818. The molecule has 2 fully saturated rings. The van der Waals surface area contributed by atoms with Crippen molar-refractivity contribution in [2.75, 3.05) is 50.1 Å². The summed E-state index contributed by atoms with van der Waals surface area (Å²) in [6.07, 6.45) is 5.49. The second-order valence-electron chi connectivity index (χ2n) is 11.1. The van der Waals surface area contributed by atoms with E-state index in [1.165, 1.54) is 12.8 Å². The summed E-state index contributed by atoms with van der Waals surface area (Å²) in [5, 5.41) is 4.75. The maximum Gasteiger partial charge on any atom is 0.293 e. The molecule has 3 heterocycles. The van der Waals surface area contributed by atoms with E-state index in [0.29, 0.717) is 25.0 Å². The van der Waals surface area contributed by atoms with E-state index < -0.39 is 0 Å². The molecule has 0 bridgehead atoms. The van der Waals surface area contributed by atoms with E-state index in [1.54, 1.807) is 9.58 Å². The van der Waals surface area contributed by atoms with Crippen molar-refractivity contribution in [1.29, 1.82) is 0 Å². The van der Waals surface area contributed by atoms with Crippen LogP contribution in [0.3, 0.4) is 0 Å². The maximum absolute atomic E-state index is 13.6. The number of rotatable bonds is 4. The third-order valence-electron chi connectivity index (χ3n) is 8.50. The second kappa shape index (κ2) is 10.4. The van der Waals surface area contributed by atoms with Crippen molar-refractivity contribution in [2.24, 2.45) is 0 Å². The van der Waals surface area contributed by atoms with Crippen LogP contribution >= 0.6 is 0 Å². The number of fused-ring (bicyclic) bond motifs is 1. The molecule has 1 aliphatic carbocycles. The van der Waals surface area contributed by atoms with E-state index >= 15 is 0 Å². The maximum atomic E-state index is 13.6. The lowest BCUT2D eigenvalue weighted by Gasteiger charge is -2.43. The summed E-state index contributed by atoms with van der Waals surface area (Å²) >= 11 is 0. The Balaban J connectivity index is 1.44. The average Bonchev–Trinajstić information content (AvgIpc) is 3.60. The van der Waals surface area contributed by atoms with Gasteiger partial charge in [-0.15, -0.1) is 5.10 Å². The van der Waals surface area contributed by atoms with Crippen LogP contribution in [-0.2, 0) is 4.79 Å². The number of carbonyl (C=O) groups excluding carboxylic acids is 2. The largest absolute Gasteiger partial charge is 0.355 e. The van der Waals surface area contributed by atoms with Gasteiger partial charge in [0.1, 0.15) is 6.04 Å². The average molecular weight is 528 g/mol. The number of hydrogen-bond acceptors (Lipinski definition) is 6. The third kappa shape index (κ3) is 4.69. The van der Waals surface area contributed by atoms with Gasteiger partial charge in [0.15, 0.2) is 5.82 Å². The van der Waals surface area contributed by atoms with Crippen molar-refractivity contribution >= 4 is 23.2 Å². The highest BCUT2D eigenvalue weighted by Crippen LogP contribution is 2.42.